The normalized spacial score (nSPS) is 20.9. The van der Waals surface area contributed by atoms with Crippen molar-refractivity contribution in [3.05, 3.63) is 64.7 Å². The smallest absolute Gasteiger partial charge is 0.323 e. The third kappa shape index (κ3) is 4.80. The van der Waals surface area contributed by atoms with Crippen LogP contribution in [0.2, 0.25) is 0 Å². The maximum absolute atomic E-state index is 13.1. The number of ether oxygens (including phenoxy) is 1. The number of imide groups is 1. The van der Waals surface area contributed by atoms with E-state index in [-0.39, 0.29) is 12.5 Å². The first-order valence-electron chi connectivity index (χ1n) is 12.6. The summed E-state index contributed by atoms with van der Waals surface area (Å²) in [7, 11) is 1.53. The van der Waals surface area contributed by atoms with Crippen LogP contribution >= 0.6 is 0 Å². The molecule has 3 aliphatic rings. The first-order chi connectivity index (χ1) is 18.3. The molecule has 2 fully saturated rings. The van der Waals surface area contributed by atoms with E-state index in [0.717, 1.165) is 43.9 Å². The Morgan fingerprint density at radius 3 is 2.45 bits per heavy atom. The molecule has 0 aliphatic carbocycles. The SMILES string of the molecule is CCN1CCN(C(=N)c2ccc(C#C[C@]3(CN4Cc5ccc(OC)cc5C4=O)NC(=O)NC3=O)cc2)CC1. The molecule has 2 aromatic rings. The summed E-state index contributed by atoms with van der Waals surface area (Å²) >= 11 is 0. The number of hydrogen-bond donors (Lipinski definition) is 3. The molecule has 1 atom stereocenters. The van der Waals surface area contributed by atoms with Crippen LogP contribution in [0.3, 0.4) is 0 Å². The van der Waals surface area contributed by atoms with Crippen molar-refractivity contribution >= 4 is 23.7 Å². The average molecular weight is 515 g/mol. The number of carbonyl (C=O) groups is 3. The quantitative estimate of drug-likeness (QED) is 0.239. The second-order valence-corrected chi connectivity index (χ2v) is 9.60. The molecule has 196 valence electrons. The minimum absolute atomic E-state index is 0.0974. The molecule has 10 heteroatoms. The van der Waals surface area contributed by atoms with Crippen molar-refractivity contribution in [1.82, 2.24) is 25.3 Å². The van der Waals surface area contributed by atoms with Gasteiger partial charge in [0.1, 0.15) is 11.6 Å². The van der Waals surface area contributed by atoms with Crippen molar-refractivity contribution in [2.24, 2.45) is 0 Å². The number of nitrogens with one attached hydrogen (secondary N) is 3. The minimum Gasteiger partial charge on any atom is -0.497 e. The second-order valence-electron chi connectivity index (χ2n) is 9.60. The molecule has 0 bridgehead atoms. The van der Waals surface area contributed by atoms with Crippen molar-refractivity contribution < 1.29 is 19.1 Å². The molecule has 4 amide bonds. The zero-order valence-corrected chi connectivity index (χ0v) is 21.5. The van der Waals surface area contributed by atoms with Gasteiger partial charge >= 0.3 is 6.03 Å². The van der Waals surface area contributed by atoms with Gasteiger partial charge in [-0.1, -0.05) is 37.0 Å². The van der Waals surface area contributed by atoms with Gasteiger partial charge in [-0.05, 0) is 36.4 Å². The lowest BCUT2D eigenvalue weighted by Crippen LogP contribution is -2.54. The maximum Gasteiger partial charge on any atom is 0.323 e. The van der Waals surface area contributed by atoms with Gasteiger partial charge in [0.25, 0.3) is 11.8 Å². The topological polar surface area (TPSA) is 118 Å². The number of carbonyl (C=O) groups excluding carboxylic acids is 3. The van der Waals surface area contributed by atoms with Crippen LogP contribution < -0.4 is 15.4 Å². The van der Waals surface area contributed by atoms with Crippen molar-refractivity contribution in [3.8, 4) is 17.6 Å². The van der Waals surface area contributed by atoms with E-state index in [1.807, 2.05) is 18.2 Å². The number of benzene rings is 2. The van der Waals surface area contributed by atoms with Crippen molar-refractivity contribution in [2.75, 3.05) is 46.4 Å². The lowest BCUT2D eigenvalue weighted by atomic mass is 9.99. The van der Waals surface area contributed by atoms with E-state index in [1.165, 1.54) is 12.0 Å². The second kappa shape index (κ2) is 10.2. The molecule has 0 aromatic heterocycles. The van der Waals surface area contributed by atoms with E-state index in [9.17, 15) is 14.4 Å². The predicted octanol–water partition coefficient (Wildman–Crippen LogP) is 1.24. The van der Waals surface area contributed by atoms with E-state index in [1.54, 1.807) is 24.3 Å². The van der Waals surface area contributed by atoms with Crippen molar-refractivity contribution in [3.63, 3.8) is 0 Å². The van der Waals surface area contributed by atoms with Crippen molar-refractivity contribution in [1.29, 1.82) is 5.41 Å². The molecular formula is C28H30N6O4. The highest BCUT2D eigenvalue weighted by Gasteiger charge is 2.48. The van der Waals surface area contributed by atoms with Crippen molar-refractivity contribution in [2.45, 2.75) is 19.0 Å². The molecule has 3 N–H and O–H groups in total. The van der Waals surface area contributed by atoms with Gasteiger partial charge in [-0.3, -0.25) is 20.3 Å². The fourth-order valence-electron chi connectivity index (χ4n) is 4.97. The summed E-state index contributed by atoms with van der Waals surface area (Å²) in [4.78, 5) is 44.0. The monoisotopic (exact) mass is 514 g/mol. The fraction of sp³-hybridized carbons (Fsp3) is 0.357. The molecule has 2 saturated heterocycles. The van der Waals surface area contributed by atoms with Crippen LogP contribution in [0, 0.1) is 17.3 Å². The summed E-state index contributed by atoms with van der Waals surface area (Å²) in [6.45, 7) is 6.88. The van der Waals surface area contributed by atoms with Gasteiger partial charge < -0.3 is 24.8 Å². The summed E-state index contributed by atoms with van der Waals surface area (Å²) < 4.78 is 5.23. The fourth-order valence-corrected chi connectivity index (χ4v) is 4.97. The number of nitrogens with zero attached hydrogens (tertiary/aromatic N) is 3. The average Bonchev–Trinajstić information content (AvgIpc) is 3.40. The van der Waals surface area contributed by atoms with Crippen LogP contribution in [0.25, 0.3) is 0 Å². The van der Waals surface area contributed by atoms with Crippen LogP contribution in [0.4, 0.5) is 4.79 Å². The maximum atomic E-state index is 13.1. The Bertz CT molecular complexity index is 1350. The Morgan fingerprint density at radius 2 is 1.82 bits per heavy atom. The highest BCUT2D eigenvalue weighted by atomic mass is 16.5. The first kappa shape index (κ1) is 25.3. The van der Waals surface area contributed by atoms with Gasteiger partial charge in [0.05, 0.1) is 13.7 Å². The van der Waals surface area contributed by atoms with E-state index in [4.69, 9.17) is 10.1 Å². The number of amides is 4. The predicted molar refractivity (Wildman–Crippen MR) is 141 cm³/mol. The Hall–Kier alpha value is -4.36. The van der Waals surface area contributed by atoms with Crippen LogP contribution in [-0.2, 0) is 11.3 Å². The van der Waals surface area contributed by atoms with Crippen LogP contribution in [0.15, 0.2) is 42.5 Å². The lowest BCUT2D eigenvalue weighted by Gasteiger charge is -2.35. The standard InChI is InChI=1S/C28H30N6O4/c1-3-32-12-14-33(15-13-32)24(29)20-6-4-19(5-7-20)10-11-28(26(36)30-27(37)31-28)18-34-17-21-8-9-22(38-2)16-23(21)25(34)35/h4-9,16,29H,3,12-15,17-18H2,1-2H3,(H2,30,31,36,37)/t28-/m1/s1. The largest absolute Gasteiger partial charge is 0.497 e. The third-order valence-corrected chi connectivity index (χ3v) is 7.28. The van der Waals surface area contributed by atoms with Crippen LogP contribution in [0.1, 0.15) is 34.0 Å². The molecule has 0 spiro atoms. The molecule has 0 saturated carbocycles. The van der Waals surface area contributed by atoms with Gasteiger partial charge in [0.15, 0.2) is 0 Å². The molecule has 0 unspecified atom stereocenters. The van der Waals surface area contributed by atoms with E-state index in [0.29, 0.717) is 29.3 Å². The van der Waals surface area contributed by atoms with Crippen LogP contribution in [0.5, 0.6) is 5.75 Å². The molecule has 0 radical (unpaired) electrons. The molecule has 3 heterocycles. The number of amidine groups is 1. The van der Waals surface area contributed by atoms with Gasteiger partial charge in [-0.25, -0.2) is 4.79 Å². The molecule has 5 rings (SSSR count). The first-order valence-corrected chi connectivity index (χ1v) is 12.6. The highest BCUT2D eigenvalue weighted by molar-refractivity contribution is 6.10. The Morgan fingerprint density at radius 1 is 1.08 bits per heavy atom. The van der Waals surface area contributed by atoms with Gasteiger partial charge in [0.2, 0.25) is 5.54 Å². The number of urea groups is 1. The minimum atomic E-state index is -1.58. The van der Waals surface area contributed by atoms with Gasteiger partial charge in [0, 0.05) is 49.4 Å². The van der Waals surface area contributed by atoms with E-state index in [2.05, 4.69) is 39.2 Å². The summed E-state index contributed by atoms with van der Waals surface area (Å²) in [6.07, 6.45) is 0. The van der Waals surface area contributed by atoms with E-state index < -0.39 is 17.5 Å². The Kier molecular flexibility index (Phi) is 6.78. The molecular weight excluding hydrogens is 484 g/mol. The zero-order valence-electron chi connectivity index (χ0n) is 21.5. The Balaban J connectivity index is 1.33. The summed E-state index contributed by atoms with van der Waals surface area (Å²) in [6, 6.07) is 11.9. The number of fused-ring (bicyclic) bond motifs is 1. The molecule has 3 aliphatic heterocycles. The summed E-state index contributed by atoms with van der Waals surface area (Å²) in [5, 5.41) is 13.5. The lowest BCUT2D eigenvalue weighted by molar-refractivity contribution is -0.122. The number of methoxy groups -OCH3 is 1. The number of hydrogen-bond acceptors (Lipinski definition) is 6. The Labute approximate surface area is 221 Å². The highest BCUT2D eigenvalue weighted by Crippen LogP contribution is 2.28. The van der Waals surface area contributed by atoms with E-state index >= 15 is 0 Å². The van der Waals surface area contributed by atoms with Gasteiger partial charge in [-0.2, -0.15) is 0 Å². The molecule has 10 nitrogen and oxygen atoms in total. The third-order valence-electron chi connectivity index (χ3n) is 7.28. The molecule has 38 heavy (non-hydrogen) atoms. The summed E-state index contributed by atoms with van der Waals surface area (Å²) in [5.41, 5.74) is 1.16. The molecule has 2 aromatic carbocycles. The summed E-state index contributed by atoms with van der Waals surface area (Å²) in [5.74, 6) is 6.12. The van der Waals surface area contributed by atoms with Gasteiger partial charge in [-0.15, -0.1) is 0 Å². The zero-order chi connectivity index (χ0) is 26.9. The number of rotatable bonds is 5. The van der Waals surface area contributed by atoms with Crippen LogP contribution in [-0.4, -0.2) is 90.3 Å². The number of likely N-dealkylation sites (N-methyl/N-ethyl adjacent to an activating group) is 1. The number of piperazine rings is 1.